The zero-order valence-corrected chi connectivity index (χ0v) is 12.9. The molecule has 1 aromatic carbocycles. The molecule has 0 saturated carbocycles. The summed E-state index contributed by atoms with van der Waals surface area (Å²) in [5.41, 5.74) is 0.318. The number of hydrogen-bond acceptors (Lipinski definition) is 5. The minimum absolute atomic E-state index is 0.260. The Morgan fingerprint density at radius 3 is 2.60 bits per heavy atom. The summed E-state index contributed by atoms with van der Waals surface area (Å²) in [6.45, 7) is 1.66. The molecule has 0 atom stereocenters. The Morgan fingerprint density at radius 1 is 1.16 bits per heavy atom. The summed E-state index contributed by atoms with van der Waals surface area (Å²) in [6, 6.07) is 6.57. The zero-order chi connectivity index (χ0) is 17.6. The van der Waals surface area contributed by atoms with Gasteiger partial charge in [-0.1, -0.05) is 0 Å². The van der Waals surface area contributed by atoms with Crippen LogP contribution in [0, 0.1) is 0 Å². The highest BCUT2D eigenvalue weighted by Gasteiger charge is 2.31. The maximum Gasteiger partial charge on any atom is 0.416 e. The van der Waals surface area contributed by atoms with Gasteiger partial charge in [-0.15, -0.1) is 10.2 Å². The third kappa shape index (κ3) is 2.76. The Kier molecular flexibility index (Phi) is 3.53. The molecule has 130 valence electrons. The van der Waals surface area contributed by atoms with Crippen LogP contribution in [-0.2, 0) is 6.18 Å². The molecule has 0 spiro atoms. The Labute approximate surface area is 140 Å². The minimum Gasteiger partial charge on any atom is -0.507 e. The topological polar surface area (TPSA) is 74.5 Å². The largest absolute Gasteiger partial charge is 0.507 e. The van der Waals surface area contributed by atoms with E-state index in [4.69, 9.17) is 0 Å². The van der Waals surface area contributed by atoms with Gasteiger partial charge in [0.05, 0.1) is 11.6 Å². The quantitative estimate of drug-likeness (QED) is 0.678. The molecule has 3 aromatic rings. The van der Waals surface area contributed by atoms with Crippen molar-refractivity contribution in [1.29, 1.82) is 0 Å². The van der Waals surface area contributed by atoms with E-state index in [1.54, 1.807) is 22.7 Å². The molecule has 1 aliphatic heterocycles. The molecule has 0 amide bonds. The number of rotatable bonds is 3. The van der Waals surface area contributed by atoms with Gasteiger partial charge in [0.2, 0.25) is 5.95 Å². The van der Waals surface area contributed by atoms with Crippen LogP contribution in [0.1, 0.15) is 5.56 Å². The van der Waals surface area contributed by atoms with Crippen LogP contribution in [0.25, 0.3) is 16.8 Å². The zero-order valence-electron chi connectivity index (χ0n) is 12.9. The molecule has 25 heavy (non-hydrogen) atoms. The number of hydrogen-bond donors (Lipinski definition) is 3. The van der Waals surface area contributed by atoms with Crippen molar-refractivity contribution in [2.24, 2.45) is 0 Å². The van der Waals surface area contributed by atoms with Crippen LogP contribution in [0.3, 0.4) is 0 Å². The van der Waals surface area contributed by atoms with Crippen molar-refractivity contribution in [2.45, 2.75) is 12.2 Å². The van der Waals surface area contributed by atoms with Gasteiger partial charge < -0.3 is 15.7 Å². The Morgan fingerprint density at radius 2 is 1.96 bits per heavy atom. The van der Waals surface area contributed by atoms with E-state index >= 15 is 0 Å². The number of aromatic hydroxyl groups is 1. The summed E-state index contributed by atoms with van der Waals surface area (Å²) >= 11 is 0. The second-order valence-electron chi connectivity index (χ2n) is 5.87. The molecule has 0 radical (unpaired) electrons. The van der Waals surface area contributed by atoms with E-state index in [1.165, 1.54) is 6.07 Å². The second-order valence-corrected chi connectivity index (χ2v) is 5.87. The number of pyridine rings is 1. The van der Waals surface area contributed by atoms with Crippen LogP contribution in [0.4, 0.5) is 19.1 Å². The fourth-order valence-corrected chi connectivity index (χ4v) is 2.73. The first-order valence-corrected chi connectivity index (χ1v) is 7.65. The highest BCUT2D eigenvalue weighted by atomic mass is 19.4. The van der Waals surface area contributed by atoms with E-state index in [2.05, 4.69) is 20.8 Å². The number of halogens is 3. The number of phenolic OH excluding ortho intramolecular Hbond substituents is 1. The number of nitrogens with zero attached hydrogens (tertiary/aromatic N) is 3. The number of phenols is 1. The van der Waals surface area contributed by atoms with Gasteiger partial charge in [-0.2, -0.15) is 13.2 Å². The summed E-state index contributed by atoms with van der Waals surface area (Å²) in [7, 11) is 0. The summed E-state index contributed by atoms with van der Waals surface area (Å²) in [5.74, 6) is 0.0957. The summed E-state index contributed by atoms with van der Waals surface area (Å²) in [5, 5.41) is 24.7. The molecule has 6 nitrogen and oxygen atoms in total. The monoisotopic (exact) mass is 349 g/mol. The van der Waals surface area contributed by atoms with E-state index in [0.29, 0.717) is 23.2 Å². The average Bonchev–Trinajstić information content (AvgIpc) is 2.93. The lowest BCUT2D eigenvalue weighted by Crippen LogP contribution is -2.51. The molecule has 3 heterocycles. The van der Waals surface area contributed by atoms with Crippen molar-refractivity contribution in [3.05, 3.63) is 42.1 Å². The number of aromatic nitrogens is 3. The van der Waals surface area contributed by atoms with Gasteiger partial charge in [0.25, 0.3) is 0 Å². The first-order chi connectivity index (χ1) is 11.9. The van der Waals surface area contributed by atoms with E-state index in [-0.39, 0.29) is 11.6 Å². The van der Waals surface area contributed by atoms with Crippen LogP contribution >= 0.6 is 0 Å². The lowest BCUT2D eigenvalue weighted by Gasteiger charge is -2.27. The summed E-state index contributed by atoms with van der Waals surface area (Å²) in [6.07, 6.45) is -2.75. The van der Waals surface area contributed by atoms with Crippen molar-refractivity contribution < 1.29 is 18.3 Å². The number of anilines is 1. The van der Waals surface area contributed by atoms with Gasteiger partial charge in [0.15, 0.2) is 5.65 Å². The van der Waals surface area contributed by atoms with Crippen LogP contribution in [0.2, 0.25) is 0 Å². The molecule has 3 N–H and O–H groups in total. The number of fused-ring (bicyclic) bond motifs is 1. The highest BCUT2D eigenvalue weighted by Crippen LogP contribution is 2.37. The fourth-order valence-electron chi connectivity index (χ4n) is 2.73. The van der Waals surface area contributed by atoms with Crippen LogP contribution in [-0.4, -0.2) is 38.8 Å². The normalized spacial score (nSPS) is 15.3. The highest BCUT2D eigenvalue weighted by molar-refractivity contribution is 5.82. The van der Waals surface area contributed by atoms with Gasteiger partial charge in [-0.25, -0.2) is 0 Å². The summed E-state index contributed by atoms with van der Waals surface area (Å²) < 4.78 is 40.0. The van der Waals surface area contributed by atoms with Crippen molar-refractivity contribution in [3.63, 3.8) is 0 Å². The average molecular weight is 349 g/mol. The molecule has 1 aliphatic rings. The Balaban J connectivity index is 1.76. The molecular weight excluding hydrogens is 335 g/mol. The number of nitrogens with one attached hydrogen (secondary N) is 2. The third-order valence-corrected chi connectivity index (χ3v) is 4.16. The smallest absolute Gasteiger partial charge is 0.416 e. The standard InChI is InChI=1S/C16H14F3N5O/c17-16(18,19)9-3-4-11(13(25)6-9)12-2-1-5-24-14(12)22-23-15(24)21-10-7-20-8-10/h1-6,10,20,25H,7-8H2,(H,21,23). The van der Waals surface area contributed by atoms with Crippen molar-refractivity contribution >= 4 is 11.6 Å². The lowest BCUT2D eigenvalue weighted by atomic mass is 10.0. The van der Waals surface area contributed by atoms with Crippen LogP contribution in [0.5, 0.6) is 5.75 Å². The summed E-state index contributed by atoms with van der Waals surface area (Å²) in [4.78, 5) is 0. The molecule has 1 saturated heterocycles. The predicted octanol–water partition coefficient (Wildman–Crippen LogP) is 2.50. The minimum atomic E-state index is -4.51. The molecule has 0 unspecified atom stereocenters. The maximum absolute atomic E-state index is 12.8. The van der Waals surface area contributed by atoms with E-state index in [1.807, 2.05) is 0 Å². The molecule has 0 aliphatic carbocycles. The lowest BCUT2D eigenvalue weighted by molar-refractivity contribution is -0.137. The predicted molar refractivity (Wildman–Crippen MR) is 85.4 cm³/mol. The van der Waals surface area contributed by atoms with E-state index in [9.17, 15) is 18.3 Å². The van der Waals surface area contributed by atoms with Gasteiger partial charge in [0, 0.05) is 30.4 Å². The molecule has 4 rings (SSSR count). The maximum atomic E-state index is 12.8. The van der Waals surface area contributed by atoms with Crippen LogP contribution < -0.4 is 10.6 Å². The third-order valence-electron chi connectivity index (χ3n) is 4.16. The Bertz CT molecular complexity index is 933. The molecule has 1 fully saturated rings. The van der Waals surface area contributed by atoms with Gasteiger partial charge in [-0.3, -0.25) is 4.40 Å². The SMILES string of the molecule is Oc1cc(C(F)(F)F)ccc1-c1cccn2c(NC3CNC3)nnc12. The molecular formula is C16H14F3N5O. The van der Waals surface area contributed by atoms with Crippen LogP contribution in [0.15, 0.2) is 36.5 Å². The first kappa shape index (κ1) is 15.7. The van der Waals surface area contributed by atoms with Crippen molar-refractivity contribution in [1.82, 2.24) is 19.9 Å². The Hall–Kier alpha value is -2.81. The van der Waals surface area contributed by atoms with Gasteiger partial charge in [0.1, 0.15) is 5.75 Å². The molecule has 9 heteroatoms. The van der Waals surface area contributed by atoms with E-state index < -0.39 is 17.5 Å². The number of alkyl halides is 3. The van der Waals surface area contributed by atoms with Gasteiger partial charge >= 0.3 is 6.18 Å². The first-order valence-electron chi connectivity index (χ1n) is 7.65. The van der Waals surface area contributed by atoms with Gasteiger partial charge in [-0.05, 0) is 30.3 Å². The second kappa shape index (κ2) is 5.62. The van der Waals surface area contributed by atoms with Crippen molar-refractivity contribution in [2.75, 3.05) is 18.4 Å². The van der Waals surface area contributed by atoms with E-state index in [0.717, 1.165) is 19.2 Å². The molecule has 2 aromatic heterocycles. The van der Waals surface area contributed by atoms with Crippen molar-refractivity contribution in [3.8, 4) is 16.9 Å². The number of benzene rings is 1. The fraction of sp³-hybridized carbons (Fsp3) is 0.250. The molecule has 0 bridgehead atoms.